The molecule has 0 N–H and O–H groups in total. The highest BCUT2D eigenvalue weighted by Crippen LogP contribution is 2.21. The molecule has 1 saturated heterocycles. The van der Waals surface area contributed by atoms with Crippen LogP contribution in [0.4, 0.5) is 0 Å². The lowest BCUT2D eigenvalue weighted by Gasteiger charge is -2.28. The third-order valence-electron chi connectivity index (χ3n) is 5.11. The summed E-state index contributed by atoms with van der Waals surface area (Å²) in [5.41, 5.74) is 1.73. The molecule has 7 nitrogen and oxygen atoms in total. The van der Waals surface area contributed by atoms with E-state index in [0.717, 1.165) is 12.8 Å². The molecular formula is C21H26N2O5S. The highest BCUT2D eigenvalue weighted by atomic mass is 32.2. The summed E-state index contributed by atoms with van der Waals surface area (Å²) in [5.74, 6) is -0.876. The summed E-state index contributed by atoms with van der Waals surface area (Å²) in [5, 5.41) is 0.667. The number of nitrogens with zero attached hydrogens (tertiary/aromatic N) is 2. The molecule has 156 valence electrons. The molecule has 1 aliphatic rings. The second kappa shape index (κ2) is 8.90. The SMILES string of the molecule is CCCCN(C(=O)COC(=O)c1cc(C)nc2ccccc12)[C@@H]1CCS(=O)(=O)C1. The number of aromatic nitrogens is 1. The maximum absolute atomic E-state index is 12.8. The standard InChI is InChI=1S/C21H26N2O5S/c1-3-4-10-23(16-9-11-29(26,27)14-16)20(24)13-28-21(25)18-12-15(2)22-19-8-6-5-7-17(18)19/h5-8,12,16H,3-4,9-11,13-14H2,1-2H3/t16-/m1/s1. The van der Waals surface area contributed by atoms with E-state index in [1.807, 2.05) is 25.1 Å². The van der Waals surface area contributed by atoms with E-state index in [-0.39, 0.29) is 23.5 Å². The van der Waals surface area contributed by atoms with E-state index >= 15 is 0 Å². The number of carbonyl (C=O) groups excluding carboxylic acids is 2. The summed E-state index contributed by atoms with van der Waals surface area (Å²) in [4.78, 5) is 31.4. The van der Waals surface area contributed by atoms with E-state index in [2.05, 4.69) is 4.98 Å². The Bertz CT molecular complexity index is 1020. The van der Waals surface area contributed by atoms with Crippen molar-refractivity contribution < 1.29 is 22.7 Å². The van der Waals surface area contributed by atoms with Crippen molar-refractivity contribution in [1.29, 1.82) is 0 Å². The third-order valence-corrected chi connectivity index (χ3v) is 6.86. The second-order valence-electron chi connectivity index (χ2n) is 7.40. The van der Waals surface area contributed by atoms with Crippen molar-refractivity contribution in [2.75, 3.05) is 24.7 Å². The van der Waals surface area contributed by atoms with Gasteiger partial charge in [-0.3, -0.25) is 9.78 Å². The predicted molar refractivity (Wildman–Crippen MR) is 110 cm³/mol. The van der Waals surface area contributed by atoms with Gasteiger partial charge < -0.3 is 9.64 Å². The molecule has 8 heteroatoms. The minimum Gasteiger partial charge on any atom is -0.452 e. The van der Waals surface area contributed by atoms with Crippen LogP contribution in [0.1, 0.15) is 42.2 Å². The Morgan fingerprint density at radius 1 is 1.28 bits per heavy atom. The number of aryl methyl sites for hydroxylation is 1. The largest absolute Gasteiger partial charge is 0.452 e. The van der Waals surface area contributed by atoms with Gasteiger partial charge in [0.1, 0.15) is 0 Å². The Kier molecular flexibility index (Phi) is 6.52. The van der Waals surface area contributed by atoms with Crippen LogP contribution in [0.15, 0.2) is 30.3 Å². The quantitative estimate of drug-likeness (QED) is 0.642. The zero-order valence-electron chi connectivity index (χ0n) is 16.8. The van der Waals surface area contributed by atoms with E-state index in [4.69, 9.17) is 4.74 Å². The van der Waals surface area contributed by atoms with E-state index < -0.39 is 22.4 Å². The molecule has 29 heavy (non-hydrogen) atoms. The first-order valence-corrected chi connectivity index (χ1v) is 11.7. The number of carbonyl (C=O) groups is 2. The van der Waals surface area contributed by atoms with Crippen molar-refractivity contribution in [3.05, 3.63) is 41.6 Å². The maximum Gasteiger partial charge on any atom is 0.339 e. The number of hydrogen-bond acceptors (Lipinski definition) is 6. The molecule has 1 aliphatic heterocycles. The van der Waals surface area contributed by atoms with Gasteiger partial charge in [0.25, 0.3) is 5.91 Å². The first kappa shape index (κ1) is 21.2. The summed E-state index contributed by atoms with van der Waals surface area (Å²) < 4.78 is 29.0. The van der Waals surface area contributed by atoms with Gasteiger partial charge >= 0.3 is 5.97 Å². The monoisotopic (exact) mass is 418 g/mol. The minimum absolute atomic E-state index is 0.0232. The number of amides is 1. The van der Waals surface area contributed by atoms with Gasteiger partial charge in [0.15, 0.2) is 16.4 Å². The molecule has 0 bridgehead atoms. The lowest BCUT2D eigenvalue weighted by Crippen LogP contribution is -2.43. The average molecular weight is 419 g/mol. The molecule has 1 aromatic carbocycles. The molecule has 1 amide bonds. The van der Waals surface area contributed by atoms with Gasteiger partial charge in [0.05, 0.1) is 22.6 Å². The van der Waals surface area contributed by atoms with Crippen LogP contribution in [0.5, 0.6) is 0 Å². The van der Waals surface area contributed by atoms with Gasteiger partial charge in [0, 0.05) is 23.7 Å². The molecule has 3 rings (SSSR count). The fourth-order valence-electron chi connectivity index (χ4n) is 3.63. The Balaban J connectivity index is 1.72. The van der Waals surface area contributed by atoms with Crippen molar-refractivity contribution in [1.82, 2.24) is 9.88 Å². The van der Waals surface area contributed by atoms with Gasteiger partial charge in [0.2, 0.25) is 0 Å². The molecule has 0 aliphatic carbocycles. The highest BCUT2D eigenvalue weighted by Gasteiger charge is 2.34. The van der Waals surface area contributed by atoms with Crippen LogP contribution >= 0.6 is 0 Å². The van der Waals surface area contributed by atoms with Gasteiger partial charge in [-0.05, 0) is 31.9 Å². The second-order valence-corrected chi connectivity index (χ2v) is 9.63. The van der Waals surface area contributed by atoms with E-state index in [0.29, 0.717) is 35.1 Å². The number of unbranched alkanes of at least 4 members (excludes halogenated alkanes) is 1. The van der Waals surface area contributed by atoms with Crippen molar-refractivity contribution in [3.8, 4) is 0 Å². The normalized spacial score (nSPS) is 17.9. The zero-order chi connectivity index (χ0) is 21.0. The third kappa shape index (κ3) is 5.12. The molecule has 2 heterocycles. The van der Waals surface area contributed by atoms with Crippen LogP contribution in [0, 0.1) is 6.92 Å². The molecule has 0 spiro atoms. The Labute approximate surface area is 171 Å². The van der Waals surface area contributed by atoms with Crippen LogP contribution in [0.25, 0.3) is 10.9 Å². The van der Waals surface area contributed by atoms with Crippen LogP contribution in [-0.4, -0.2) is 60.9 Å². The number of esters is 1. The fourth-order valence-corrected chi connectivity index (χ4v) is 5.36. The molecule has 0 radical (unpaired) electrons. The van der Waals surface area contributed by atoms with Crippen LogP contribution in [-0.2, 0) is 19.4 Å². The van der Waals surface area contributed by atoms with Crippen molar-refractivity contribution in [3.63, 3.8) is 0 Å². The summed E-state index contributed by atoms with van der Waals surface area (Å²) in [6.45, 7) is 3.85. The summed E-state index contributed by atoms with van der Waals surface area (Å²) in [6, 6.07) is 8.56. The number of benzene rings is 1. The smallest absolute Gasteiger partial charge is 0.339 e. The number of fused-ring (bicyclic) bond motifs is 1. The molecule has 1 aromatic heterocycles. The Morgan fingerprint density at radius 3 is 2.72 bits per heavy atom. The van der Waals surface area contributed by atoms with Crippen molar-refractivity contribution in [2.45, 2.75) is 39.2 Å². The number of rotatable bonds is 7. The van der Waals surface area contributed by atoms with Crippen molar-refractivity contribution in [2.24, 2.45) is 0 Å². The number of sulfone groups is 1. The topological polar surface area (TPSA) is 93.6 Å². The van der Waals surface area contributed by atoms with Crippen LogP contribution in [0.3, 0.4) is 0 Å². The van der Waals surface area contributed by atoms with Crippen molar-refractivity contribution >= 4 is 32.6 Å². The molecule has 2 aromatic rings. The minimum atomic E-state index is -3.11. The predicted octanol–water partition coefficient (Wildman–Crippen LogP) is 2.52. The highest BCUT2D eigenvalue weighted by molar-refractivity contribution is 7.91. The molecule has 0 saturated carbocycles. The average Bonchev–Trinajstić information content (AvgIpc) is 3.05. The zero-order valence-corrected chi connectivity index (χ0v) is 17.6. The number of hydrogen-bond donors (Lipinski definition) is 0. The molecule has 0 unspecified atom stereocenters. The van der Waals surface area contributed by atoms with Gasteiger partial charge in [-0.15, -0.1) is 0 Å². The fraction of sp³-hybridized carbons (Fsp3) is 0.476. The summed E-state index contributed by atoms with van der Waals surface area (Å²) in [7, 11) is -3.11. The first-order chi connectivity index (χ1) is 13.8. The molecule has 1 fully saturated rings. The number of para-hydroxylation sites is 1. The van der Waals surface area contributed by atoms with Crippen LogP contribution in [0.2, 0.25) is 0 Å². The van der Waals surface area contributed by atoms with E-state index in [1.165, 1.54) is 0 Å². The van der Waals surface area contributed by atoms with Gasteiger partial charge in [-0.1, -0.05) is 31.5 Å². The maximum atomic E-state index is 12.8. The molecule has 1 atom stereocenters. The lowest BCUT2D eigenvalue weighted by molar-refractivity contribution is -0.136. The van der Waals surface area contributed by atoms with Crippen LogP contribution < -0.4 is 0 Å². The van der Waals surface area contributed by atoms with Gasteiger partial charge in [-0.2, -0.15) is 0 Å². The molecular weight excluding hydrogens is 392 g/mol. The summed E-state index contributed by atoms with van der Waals surface area (Å²) >= 11 is 0. The Morgan fingerprint density at radius 2 is 2.03 bits per heavy atom. The van der Waals surface area contributed by atoms with Gasteiger partial charge in [-0.25, -0.2) is 13.2 Å². The number of pyridine rings is 1. The number of ether oxygens (including phenoxy) is 1. The van der Waals surface area contributed by atoms with E-state index in [9.17, 15) is 18.0 Å². The lowest BCUT2D eigenvalue weighted by atomic mass is 10.1. The first-order valence-electron chi connectivity index (χ1n) is 9.84. The summed E-state index contributed by atoms with van der Waals surface area (Å²) in [6.07, 6.45) is 2.08. The van der Waals surface area contributed by atoms with E-state index in [1.54, 1.807) is 24.0 Å². The Hall–Kier alpha value is -2.48.